The van der Waals surface area contributed by atoms with Crippen molar-refractivity contribution in [1.29, 1.82) is 0 Å². The molecule has 2 heterocycles. The number of nitrogens with two attached hydrogens (primary N) is 1. The number of hydrogen-bond acceptors (Lipinski definition) is 5. The number of piperazine rings is 1. The number of pyridine rings is 1. The van der Waals surface area contributed by atoms with E-state index in [1.165, 1.54) is 6.20 Å². The van der Waals surface area contributed by atoms with Gasteiger partial charge in [-0.2, -0.15) is 0 Å². The highest BCUT2D eigenvalue weighted by Crippen LogP contribution is 2.14. The molecule has 1 aliphatic rings. The topological polar surface area (TPSA) is 105 Å². The molecule has 7 heteroatoms. The van der Waals surface area contributed by atoms with Crippen molar-refractivity contribution in [1.82, 2.24) is 15.2 Å². The summed E-state index contributed by atoms with van der Waals surface area (Å²) in [5.74, 6) is -1.47. The number of nitrogens with one attached hydrogen (secondary N) is 1. The van der Waals surface area contributed by atoms with Crippen molar-refractivity contribution >= 4 is 23.4 Å². The second-order valence-corrected chi connectivity index (χ2v) is 4.05. The highest BCUT2D eigenvalue weighted by atomic mass is 16.2. The lowest BCUT2D eigenvalue weighted by Crippen LogP contribution is -2.53. The average Bonchev–Trinajstić information content (AvgIpc) is 2.26. The van der Waals surface area contributed by atoms with Crippen LogP contribution < -0.4 is 11.1 Å². The van der Waals surface area contributed by atoms with Crippen LogP contribution in [0.15, 0.2) is 12.3 Å². The normalized spacial score (nSPS) is 15.5. The predicted octanol–water partition coefficient (Wildman–Crippen LogP) is -0.929. The van der Waals surface area contributed by atoms with E-state index in [1.54, 1.807) is 13.0 Å². The molecule has 2 rings (SSSR count). The van der Waals surface area contributed by atoms with E-state index >= 15 is 0 Å². The third kappa shape index (κ3) is 2.29. The minimum Gasteiger partial charge on any atom is -0.398 e. The molecule has 0 spiro atoms. The fraction of sp³-hybridized carbons (Fsp3) is 0.273. The zero-order valence-electron chi connectivity index (χ0n) is 9.77. The maximum Gasteiger partial charge on any atom is 0.258 e. The van der Waals surface area contributed by atoms with Crippen LogP contribution in [0.2, 0.25) is 0 Å². The number of aromatic nitrogens is 1. The molecule has 1 aromatic heterocycles. The average molecular weight is 248 g/mol. The van der Waals surface area contributed by atoms with E-state index in [0.29, 0.717) is 5.69 Å². The third-order valence-corrected chi connectivity index (χ3v) is 2.54. The van der Waals surface area contributed by atoms with Crippen LogP contribution in [-0.4, -0.2) is 40.7 Å². The van der Waals surface area contributed by atoms with E-state index in [9.17, 15) is 14.4 Å². The molecule has 0 atom stereocenters. The van der Waals surface area contributed by atoms with Gasteiger partial charge in [0.1, 0.15) is 13.1 Å². The summed E-state index contributed by atoms with van der Waals surface area (Å²) in [6.07, 6.45) is 1.35. The van der Waals surface area contributed by atoms with Gasteiger partial charge in [-0.1, -0.05) is 0 Å². The zero-order valence-corrected chi connectivity index (χ0v) is 9.77. The fourth-order valence-corrected chi connectivity index (χ4v) is 1.71. The largest absolute Gasteiger partial charge is 0.398 e. The summed E-state index contributed by atoms with van der Waals surface area (Å²) in [5.41, 5.74) is 6.90. The van der Waals surface area contributed by atoms with Gasteiger partial charge in [-0.15, -0.1) is 0 Å². The van der Waals surface area contributed by atoms with Gasteiger partial charge in [-0.25, -0.2) is 0 Å². The Morgan fingerprint density at radius 2 is 2.00 bits per heavy atom. The molecule has 1 aromatic rings. The summed E-state index contributed by atoms with van der Waals surface area (Å²) in [5, 5.41) is 2.12. The Morgan fingerprint density at radius 1 is 1.39 bits per heavy atom. The smallest absolute Gasteiger partial charge is 0.258 e. The second-order valence-electron chi connectivity index (χ2n) is 4.05. The number of anilines is 1. The molecule has 1 saturated heterocycles. The lowest BCUT2D eigenvalue weighted by Gasteiger charge is -2.25. The van der Waals surface area contributed by atoms with Gasteiger partial charge in [0.05, 0.1) is 5.56 Å². The number of imide groups is 1. The molecular formula is C11H12N4O3. The van der Waals surface area contributed by atoms with E-state index in [2.05, 4.69) is 10.3 Å². The van der Waals surface area contributed by atoms with Crippen molar-refractivity contribution in [2.45, 2.75) is 6.92 Å². The van der Waals surface area contributed by atoms with Gasteiger partial charge in [-0.3, -0.25) is 24.7 Å². The highest BCUT2D eigenvalue weighted by Gasteiger charge is 2.28. The number of aryl methyl sites for hydroxylation is 1. The van der Waals surface area contributed by atoms with Gasteiger partial charge in [0.2, 0.25) is 11.8 Å². The van der Waals surface area contributed by atoms with Crippen LogP contribution in [0.4, 0.5) is 5.69 Å². The summed E-state index contributed by atoms with van der Waals surface area (Å²) in [4.78, 5) is 39.6. The van der Waals surface area contributed by atoms with E-state index in [1.807, 2.05) is 0 Å². The second kappa shape index (κ2) is 4.44. The lowest BCUT2D eigenvalue weighted by molar-refractivity contribution is -0.135. The monoisotopic (exact) mass is 248 g/mol. The van der Waals surface area contributed by atoms with Gasteiger partial charge in [-0.05, 0) is 13.0 Å². The highest BCUT2D eigenvalue weighted by molar-refractivity contribution is 6.07. The maximum atomic E-state index is 12.1. The van der Waals surface area contributed by atoms with Crippen molar-refractivity contribution < 1.29 is 14.4 Å². The molecule has 1 aliphatic heterocycles. The van der Waals surface area contributed by atoms with E-state index in [4.69, 9.17) is 5.73 Å². The third-order valence-electron chi connectivity index (χ3n) is 2.54. The molecule has 3 N–H and O–H groups in total. The van der Waals surface area contributed by atoms with Gasteiger partial charge in [0.15, 0.2) is 0 Å². The predicted molar refractivity (Wildman–Crippen MR) is 62.4 cm³/mol. The number of carbonyl (C=O) groups is 3. The minimum atomic E-state index is -0.502. The number of carbonyl (C=O) groups excluding carboxylic acids is 3. The van der Waals surface area contributed by atoms with Gasteiger partial charge < -0.3 is 10.6 Å². The number of hydrogen-bond donors (Lipinski definition) is 2. The first-order valence-electron chi connectivity index (χ1n) is 5.31. The van der Waals surface area contributed by atoms with Gasteiger partial charge in [0, 0.05) is 17.6 Å². The molecule has 0 unspecified atom stereocenters. The number of nitrogens with zero attached hydrogens (tertiary/aromatic N) is 2. The molecule has 0 saturated carbocycles. The van der Waals surface area contributed by atoms with E-state index < -0.39 is 17.7 Å². The molecule has 0 bridgehead atoms. The Labute approximate surface area is 103 Å². The van der Waals surface area contributed by atoms with Gasteiger partial charge >= 0.3 is 0 Å². The van der Waals surface area contributed by atoms with Crippen molar-refractivity contribution in [2.75, 3.05) is 18.8 Å². The summed E-state index contributed by atoms with van der Waals surface area (Å²) in [6, 6.07) is 1.57. The minimum absolute atomic E-state index is 0.155. The van der Waals surface area contributed by atoms with E-state index in [0.717, 1.165) is 4.90 Å². The SMILES string of the molecule is Cc1cc(N)c(C(=O)N2CC(=O)NC(=O)C2)cn1. The van der Waals surface area contributed by atoms with Crippen LogP contribution >= 0.6 is 0 Å². The van der Waals surface area contributed by atoms with Crippen molar-refractivity contribution in [3.63, 3.8) is 0 Å². The summed E-state index contributed by atoms with van der Waals surface area (Å²) < 4.78 is 0. The van der Waals surface area contributed by atoms with Crippen LogP contribution in [0.5, 0.6) is 0 Å². The number of nitrogen functional groups attached to an aromatic ring is 1. The molecule has 94 valence electrons. The molecule has 18 heavy (non-hydrogen) atoms. The van der Waals surface area contributed by atoms with E-state index in [-0.39, 0.29) is 24.3 Å². The number of rotatable bonds is 1. The van der Waals surface area contributed by atoms with Crippen molar-refractivity contribution in [3.8, 4) is 0 Å². The first kappa shape index (κ1) is 12.0. The Balaban J connectivity index is 2.25. The quantitative estimate of drug-likeness (QED) is 0.625. The Bertz CT molecular complexity index is 525. The molecular weight excluding hydrogens is 236 g/mol. The van der Waals surface area contributed by atoms with Gasteiger partial charge in [0.25, 0.3) is 5.91 Å². The van der Waals surface area contributed by atoms with Crippen LogP contribution in [0.25, 0.3) is 0 Å². The molecule has 7 nitrogen and oxygen atoms in total. The number of amides is 3. The lowest BCUT2D eigenvalue weighted by atomic mass is 10.1. The fourth-order valence-electron chi connectivity index (χ4n) is 1.71. The van der Waals surface area contributed by atoms with Crippen LogP contribution in [0.3, 0.4) is 0 Å². The first-order chi connectivity index (χ1) is 8.47. The first-order valence-corrected chi connectivity index (χ1v) is 5.31. The summed E-state index contributed by atoms with van der Waals surface area (Å²) in [6.45, 7) is 1.44. The molecule has 1 fully saturated rings. The van der Waals surface area contributed by atoms with Crippen LogP contribution in [0.1, 0.15) is 16.1 Å². The molecule has 0 radical (unpaired) electrons. The molecule has 3 amide bonds. The van der Waals surface area contributed by atoms with Crippen molar-refractivity contribution in [3.05, 3.63) is 23.5 Å². The van der Waals surface area contributed by atoms with Crippen LogP contribution in [-0.2, 0) is 9.59 Å². The zero-order chi connectivity index (χ0) is 13.3. The van der Waals surface area contributed by atoms with Crippen molar-refractivity contribution in [2.24, 2.45) is 0 Å². The summed E-state index contributed by atoms with van der Waals surface area (Å²) >= 11 is 0. The van der Waals surface area contributed by atoms with Crippen LogP contribution in [0, 0.1) is 6.92 Å². The summed E-state index contributed by atoms with van der Waals surface area (Å²) in [7, 11) is 0. The Kier molecular flexibility index (Phi) is 2.97. The molecule has 0 aliphatic carbocycles. The Morgan fingerprint density at radius 3 is 2.56 bits per heavy atom. The Hall–Kier alpha value is -2.44. The standard InChI is InChI=1S/C11H12N4O3/c1-6-2-8(12)7(3-13-6)11(18)15-4-9(16)14-10(17)5-15/h2-3H,4-5H2,1H3,(H2,12,13)(H,14,16,17). The molecule has 0 aromatic carbocycles. The maximum absolute atomic E-state index is 12.1.